The Hall–Kier alpha value is -1.29. The number of carbonyl (C=O) groups excluding carboxylic acids is 1. The van der Waals surface area contributed by atoms with Gasteiger partial charge in [-0.05, 0) is 28.1 Å². The van der Waals surface area contributed by atoms with E-state index in [1.165, 1.54) is 7.11 Å². The molecule has 4 heteroatoms. The topological polar surface area (TPSA) is 42.1 Å². The summed E-state index contributed by atoms with van der Waals surface area (Å²) in [4.78, 5) is 14.2. The number of aromatic nitrogens is 1. The fourth-order valence-electron chi connectivity index (χ4n) is 1.34. The van der Waals surface area contributed by atoms with Crippen molar-refractivity contribution in [2.45, 2.75) is 0 Å². The molecule has 0 bridgehead atoms. The zero-order valence-electron chi connectivity index (χ0n) is 7.50. The predicted octanol–water partition coefficient (Wildman–Crippen LogP) is 2.72. The highest BCUT2D eigenvalue weighted by Crippen LogP contribution is 2.23. The van der Waals surface area contributed by atoms with Crippen molar-refractivity contribution < 1.29 is 9.53 Å². The van der Waals surface area contributed by atoms with Gasteiger partial charge >= 0.3 is 5.97 Å². The largest absolute Gasteiger partial charge is 0.464 e. The van der Waals surface area contributed by atoms with Crippen LogP contribution in [0.5, 0.6) is 0 Å². The van der Waals surface area contributed by atoms with Crippen LogP contribution in [-0.4, -0.2) is 18.1 Å². The van der Waals surface area contributed by atoms with Crippen molar-refractivity contribution in [1.82, 2.24) is 4.98 Å². The fourth-order valence-corrected chi connectivity index (χ4v) is 1.82. The van der Waals surface area contributed by atoms with E-state index >= 15 is 0 Å². The minimum atomic E-state index is -0.354. The van der Waals surface area contributed by atoms with Gasteiger partial charge in [-0.1, -0.05) is 12.1 Å². The van der Waals surface area contributed by atoms with Gasteiger partial charge in [0.15, 0.2) is 0 Å². The molecule has 0 radical (unpaired) electrons. The Morgan fingerprint density at radius 2 is 2.29 bits per heavy atom. The molecule has 1 heterocycles. The lowest BCUT2D eigenvalue weighted by Crippen LogP contribution is -2.00. The lowest BCUT2D eigenvalue weighted by molar-refractivity contribution is 0.0595. The summed E-state index contributed by atoms with van der Waals surface area (Å²) in [6.07, 6.45) is 0. The van der Waals surface area contributed by atoms with Crippen LogP contribution >= 0.6 is 15.9 Å². The molecule has 0 atom stereocenters. The molecule has 72 valence electrons. The third-order valence-electron chi connectivity index (χ3n) is 2.01. The molecule has 0 amide bonds. The second-order valence-corrected chi connectivity index (χ2v) is 3.73. The van der Waals surface area contributed by atoms with E-state index in [0.29, 0.717) is 5.69 Å². The highest BCUT2D eigenvalue weighted by Gasteiger charge is 2.10. The minimum Gasteiger partial charge on any atom is -0.464 e. The molecule has 0 spiro atoms. The molecule has 0 unspecified atom stereocenters. The van der Waals surface area contributed by atoms with Gasteiger partial charge in [-0.2, -0.15) is 0 Å². The average Bonchev–Trinajstić information content (AvgIpc) is 2.62. The van der Waals surface area contributed by atoms with Crippen molar-refractivity contribution in [2.75, 3.05) is 7.11 Å². The van der Waals surface area contributed by atoms with Crippen LogP contribution in [0.4, 0.5) is 0 Å². The van der Waals surface area contributed by atoms with Gasteiger partial charge in [0.05, 0.1) is 12.6 Å². The first-order valence-electron chi connectivity index (χ1n) is 4.08. The van der Waals surface area contributed by atoms with E-state index < -0.39 is 0 Å². The molecule has 1 aromatic carbocycles. The number of hydrogen-bond acceptors (Lipinski definition) is 2. The standard InChI is InChI=1S/C10H8BrNO2/c1-14-10(13)8-5-6-3-2-4-7(11)9(6)12-8/h2-5,12H,1H3. The van der Waals surface area contributed by atoms with Gasteiger partial charge in [0.25, 0.3) is 0 Å². The number of H-pyrrole nitrogens is 1. The number of benzene rings is 1. The summed E-state index contributed by atoms with van der Waals surface area (Å²) in [5.41, 5.74) is 1.38. The maximum atomic E-state index is 11.2. The molecule has 1 aromatic heterocycles. The summed E-state index contributed by atoms with van der Waals surface area (Å²) in [5, 5.41) is 0.986. The zero-order valence-corrected chi connectivity index (χ0v) is 9.09. The molecule has 0 aliphatic rings. The fraction of sp³-hybridized carbons (Fsp3) is 0.100. The van der Waals surface area contributed by atoms with E-state index in [1.54, 1.807) is 6.07 Å². The molecule has 3 nitrogen and oxygen atoms in total. The molecule has 0 aliphatic heterocycles. The highest BCUT2D eigenvalue weighted by molar-refractivity contribution is 9.10. The molecule has 0 fully saturated rings. The van der Waals surface area contributed by atoms with Gasteiger partial charge in [-0.15, -0.1) is 0 Å². The SMILES string of the molecule is COC(=O)c1cc2cccc(Br)c2[nH]1. The highest BCUT2D eigenvalue weighted by atomic mass is 79.9. The smallest absolute Gasteiger partial charge is 0.354 e. The third kappa shape index (κ3) is 1.42. The summed E-state index contributed by atoms with van der Waals surface area (Å²) in [7, 11) is 1.36. The summed E-state index contributed by atoms with van der Waals surface area (Å²) in [6.45, 7) is 0. The first kappa shape index (κ1) is 9.27. The van der Waals surface area contributed by atoms with Gasteiger partial charge in [0.1, 0.15) is 5.69 Å². The second kappa shape index (κ2) is 3.46. The number of halogens is 1. The number of nitrogens with one attached hydrogen (secondary N) is 1. The predicted molar refractivity (Wildman–Crippen MR) is 57.3 cm³/mol. The maximum absolute atomic E-state index is 11.2. The number of rotatable bonds is 1. The summed E-state index contributed by atoms with van der Waals surface area (Å²) >= 11 is 3.40. The van der Waals surface area contributed by atoms with Gasteiger partial charge < -0.3 is 9.72 Å². The van der Waals surface area contributed by atoms with Crippen LogP contribution in [-0.2, 0) is 4.74 Å². The normalized spacial score (nSPS) is 10.4. The average molecular weight is 254 g/mol. The molecule has 1 N–H and O–H groups in total. The number of methoxy groups -OCH3 is 1. The molecule has 2 aromatic rings. The lowest BCUT2D eigenvalue weighted by atomic mass is 10.2. The van der Waals surface area contributed by atoms with Crippen LogP contribution in [0.25, 0.3) is 10.9 Å². The van der Waals surface area contributed by atoms with E-state index in [-0.39, 0.29) is 5.97 Å². The van der Waals surface area contributed by atoms with Crippen molar-refractivity contribution >= 4 is 32.8 Å². The maximum Gasteiger partial charge on any atom is 0.354 e. The van der Waals surface area contributed by atoms with E-state index in [4.69, 9.17) is 0 Å². The van der Waals surface area contributed by atoms with Gasteiger partial charge in [0, 0.05) is 9.86 Å². The van der Waals surface area contributed by atoms with Crippen molar-refractivity contribution in [3.05, 3.63) is 34.4 Å². The summed E-state index contributed by atoms with van der Waals surface area (Å²) < 4.78 is 5.56. The quantitative estimate of drug-likeness (QED) is 0.795. The van der Waals surface area contributed by atoms with Gasteiger partial charge in [-0.3, -0.25) is 0 Å². The van der Waals surface area contributed by atoms with Crippen LogP contribution in [0, 0.1) is 0 Å². The Labute approximate surface area is 89.2 Å². The van der Waals surface area contributed by atoms with Crippen molar-refractivity contribution in [3.63, 3.8) is 0 Å². The first-order chi connectivity index (χ1) is 6.72. The molecular weight excluding hydrogens is 246 g/mol. The Kier molecular flexibility index (Phi) is 2.29. The number of carbonyl (C=O) groups is 1. The van der Waals surface area contributed by atoms with Gasteiger partial charge in [0.2, 0.25) is 0 Å². The molecule has 2 rings (SSSR count). The van der Waals surface area contributed by atoms with E-state index in [1.807, 2.05) is 18.2 Å². The van der Waals surface area contributed by atoms with Crippen LogP contribution in [0.3, 0.4) is 0 Å². The number of aromatic amines is 1. The Bertz CT molecular complexity index is 490. The van der Waals surface area contributed by atoms with Crippen molar-refractivity contribution in [1.29, 1.82) is 0 Å². The van der Waals surface area contributed by atoms with Crippen molar-refractivity contribution in [3.8, 4) is 0 Å². The van der Waals surface area contributed by atoms with E-state index in [0.717, 1.165) is 15.4 Å². The van der Waals surface area contributed by atoms with Crippen LogP contribution in [0.1, 0.15) is 10.5 Å². The second-order valence-electron chi connectivity index (χ2n) is 2.88. The van der Waals surface area contributed by atoms with Crippen LogP contribution in [0.15, 0.2) is 28.7 Å². The molecule has 14 heavy (non-hydrogen) atoms. The Balaban J connectivity index is 2.62. The van der Waals surface area contributed by atoms with Gasteiger partial charge in [-0.25, -0.2) is 4.79 Å². The zero-order chi connectivity index (χ0) is 10.1. The molecule has 0 aliphatic carbocycles. The lowest BCUT2D eigenvalue weighted by Gasteiger charge is -1.93. The number of esters is 1. The molecule has 0 saturated carbocycles. The number of hydrogen-bond donors (Lipinski definition) is 1. The Morgan fingerprint density at radius 3 is 2.93 bits per heavy atom. The summed E-state index contributed by atoms with van der Waals surface area (Å²) in [6, 6.07) is 7.54. The molecule has 0 saturated heterocycles. The Morgan fingerprint density at radius 1 is 1.50 bits per heavy atom. The van der Waals surface area contributed by atoms with Crippen molar-refractivity contribution in [2.24, 2.45) is 0 Å². The van der Waals surface area contributed by atoms with Crippen LogP contribution in [0.2, 0.25) is 0 Å². The van der Waals surface area contributed by atoms with E-state index in [9.17, 15) is 4.79 Å². The first-order valence-corrected chi connectivity index (χ1v) is 4.87. The number of para-hydroxylation sites is 1. The number of ether oxygens (including phenoxy) is 1. The summed E-state index contributed by atoms with van der Waals surface area (Å²) in [5.74, 6) is -0.354. The number of fused-ring (bicyclic) bond motifs is 1. The molecular formula is C10H8BrNO2. The van der Waals surface area contributed by atoms with Crippen LogP contribution < -0.4 is 0 Å². The minimum absolute atomic E-state index is 0.354. The van der Waals surface area contributed by atoms with E-state index in [2.05, 4.69) is 25.7 Å². The third-order valence-corrected chi connectivity index (χ3v) is 2.67. The monoisotopic (exact) mass is 253 g/mol.